The Morgan fingerprint density at radius 2 is 1.62 bits per heavy atom. The third-order valence-corrected chi connectivity index (χ3v) is 4.92. The van der Waals surface area contributed by atoms with Gasteiger partial charge in [0.1, 0.15) is 0 Å². The molecule has 0 aliphatic carbocycles. The van der Waals surface area contributed by atoms with Crippen molar-refractivity contribution in [2.24, 2.45) is 0 Å². The predicted octanol–water partition coefficient (Wildman–Crippen LogP) is 2.84. The average molecular weight is 350 g/mol. The van der Waals surface area contributed by atoms with Gasteiger partial charge in [-0.2, -0.15) is 0 Å². The highest BCUT2D eigenvalue weighted by Gasteiger charge is 2.24. The quantitative estimate of drug-likeness (QED) is 0.819. The van der Waals surface area contributed by atoms with E-state index in [9.17, 15) is 9.59 Å². The minimum absolute atomic E-state index is 0.146. The first-order chi connectivity index (χ1) is 11.5. The first kappa shape index (κ1) is 18.6. The average Bonchev–Trinajstić information content (AvgIpc) is 2.54. The Morgan fingerprint density at radius 1 is 1.04 bits per heavy atom. The molecule has 5 nitrogen and oxygen atoms in total. The fourth-order valence-electron chi connectivity index (χ4n) is 2.85. The van der Waals surface area contributed by atoms with Gasteiger partial charge in [-0.3, -0.25) is 4.79 Å². The molecule has 0 saturated carbocycles. The zero-order valence-corrected chi connectivity index (χ0v) is 15.5. The summed E-state index contributed by atoms with van der Waals surface area (Å²) in [5.74, 6) is 1.47. The summed E-state index contributed by atoms with van der Waals surface area (Å²) in [6, 6.07) is 6.49. The zero-order chi connectivity index (χ0) is 17.5. The molecule has 132 valence electrons. The largest absolute Gasteiger partial charge is 0.450 e. The lowest BCUT2D eigenvalue weighted by atomic mass is 10.1. The van der Waals surface area contributed by atoms with Crippen molar-refractivity contribution in [3.05, 3.63) is 34.9 Å². The van der Waals surface area contributed by atoms with Gasteiger partial charge in [0.2, 0.25) is 5.91 Å². The lowest BCUT2D eigenvalue weighted by molar-refractivity contribution is -0.129. The van der Waals surface area contributed by atoms with E-state index in [4.69, 9.17) is 4.74 Å². The van der Waals surface area contributed by atoms with Crippen LogP contribution in [0.5, 0.6) is 0 Å². The standard InChI is InChI=1S/C18H26N2O3S/c1-4-23-18(22)20-7-5-19(6-8-20)17(21)13-24-12-16-10-14(2)9-15(3)11-16/h9-11H,4-8,12-13H2,1-3H3. The number of nitrogens with zero attached hydrogens (tertiary/aromatic N) is 2. The fraction of sp³-hybridized carbons (Fsp3) is 0.556. The van der Waals surface area contributed by atoms with Crippen LogP contribution in [0.2, 0.25) is 0 Å². The minimum Gasteiger partial charge on any atom is -0.450 e. The summed E-state index contributed by atoms with van der Waals surface area (Å²) in [5, 5.41) is 0. The molecule has 1 aromatic carbocycles. The molecule has 2 rings (SSSR count). The van der Waals surface area contributed by atoms with Gasteiger partial charge in [-0.15, -0.1) is 11.8 Å². The maximum atomic E-state index is 12.3. The van der Waals surface area contributed by atoms with Crippen molar-refractivity contribution < 1.29 is 14.3 Å². The number of hydrogen-bond donors (Lipinski definition) is 0. The van der Waals surface area contributed by atoms with Crippen LogP contribution in [-0.4, -0.2) is 60.3 Å². The highest BCUT2D eigenvalue weighted by Crippen LogP contribution is 2.17. The van der Waals surface area contributed by atoms with Crippen LogP contribution in [0.15, 0.2) is 18.2 Å². The van der Waals surface area contributed by atoms with Crippen LogP contribution in [0.25, 0.3) is 0 Å². The third-order valence-electron chi connectivity index (χ3n) is 3.93. The first-order valence-corrected chi connectivity index (χ1v) is 9.49. The number of aryl methyl sites for hydroxylation is 2. The molecule has 0 N–H and O–H groups in total. The molecule has 1 aromatic rings. The van der Waals surface area contributed by atoms with Crippen molar-refractivity contribution in [1.82, 2.24) is 9.80 Å². The van der Waals surface area contributed by atoms with Crippen LogP contribution in [0.4, 0.5) is 4.79 Å². The number of amides is 2. The molecule has 2 amide bonds. The monoisotopic (exact) mass is 350 g/mol. The Hall–Kier alpha value is -1.69. The Morgan fingerprint density at radius 3 is 2.21 bits per heavy atom. The van der Waals surface area contributed by atoms with Gasteiger partial charge < -0.3 is 14.5 Å². The van der Waals surface area contributed by atoms with Crippen molar-refractivity contribution in [2.75, 3.05) is 38.5 Å². The summed E-state index contributed by atoms with van der Waals surface area (Å²) in [6.07, 6.45) is -0.284. The summed E-state index contributed by atoms with van der Waals surface area (Å²) >= 11 is 1.64. The Balaban J connectivity index is 1.73. The van der Waals surface area contributed by atoms with Crippen LogP contribution >= 0.6 is 11.8 Å². The smallest absolute Gasteiger partial charge is 0.409 e. The van der Waals surface area contributed by atoms with Gasteiger partial charge in [0.25, 0.3) is 0 Å². The van der Waals surface area contributed by atoms with Gasteiger partial charge in [-0.05, 0) is 26.3 Å². The van der Waals surface area contributed by atoms with Crippen molar-refractivity contribution in [3.8, 4) is 0 Å². The van der Waals surface area contributed by atoms with Crippen molar-refractivity contribution in [3.63, 3.8) is 0 Å². The molecule has 1 aliphatic heterocycles. The number of thioether (sulfide) groups is 1. The second-order valence-electron chi connectivity index (χ2n) is 6.06. The molecule has 0 spiro atoms. The van der Waals surface area contributed by atoms with E-state index >= 15 is 0 Å². The second kappa shape index (κ2) is 8.97. The topological polar surface area (TPSA) is 49.9 Å². The molecule has 24 heavy (non-hydrogen) atoms. The molecular weight excluding hydrogens is 324 g/mol. The zero-order valence-electron chi connectivity index (χ0n) is 14.7. The molecule has 1 aliphatic rings. The van der Waals surface area contributed by atoms with Crippen LogP contribution in [0, 0.1) is 13.8 Å². The highest BCUT2D eigenvalue weighted by atomic mass is 32.2. The summed E-state index contributed by atoms with van der Waals surface area (Å²) in [7, 11) is 0. The van der Waals surface area contributed by atoms with Gasteiger partial charge in [-0.1, -0.05) is 29.3 Å². The van der Waals surface area contributed by atoms with Crippen molar-refractivity contribution in [2.45, 2.75) is 26.5 Å². The number of rotatable bonds is 5. The number of carbonyl (C=O) groups excluding carboxylic acids is 2. The van der Waals surface area contributed by atoms with E-state index in [0.29, 0.717) is 38.5 Å². The number of piperazine rings is 1. The number of hydrogen-bond acceptors (Lipinski definition) is 4. The number of carbonyl (C=O) groups is 2. The highest BCUT2D eigenvalue weighted by molar-refractivity contribution is 7.99. The molecule has 6 heteroatoms. The molecule has 0 radical (unpaired) electrons. The normalized spacial score (nSPS) is 14.6. The van der Waals surface area contributed by atoms with Gasteiger partial charge in [0, 0.05) is 31.9 Å². The van der Waals surface area contributed by atoms with E-state index in [1.165, 1.54) is 16.7 Å². The van der Waals surface area contributed by atoms with Gasteiger partial charge in [0.05, 0.1) is 12.4 Å². The summed E-state index contributed by atoms with van der Waals surface area (Å²) in [6.45, 7) is 8.63. The SMILES string of the molecule is CCOC(=O)N1CCN(C(=O)CSCc2cc(C)cc(C)c2)CC1. The third kappa shape index (κ3) is 5.44. The van der Waals surface area contributed by atoms with E-state index in [-0.39, 0.29) is 12.0 Å². The first-order valence-electron chi connectivity index (χ1n) is 8.34. The lowest BCUT2D eigenvalue weighted by Crippen LogP contribution is -2.51. The molecule has 1 fully saturated rings. The molecule has 0 aromatic heterocycles. The van der Waals surface area contributed by atoms with Crippen molar-refractivity contribution >= 4 is 23.8 Å². The number of ether oxygens (including phenoxy) is 1. The maximum Gasteiger partial charge on any atom is 0.409 e. The van der Waals surface area contributed by atoms with Crippen LogP contribution < -0.4 is 0 Å². The second-order valence-corrected chi connectivity index (χ2v) is 7.04. The fourth-order valence-corrected chi connectivity index (χ4v) is 3.71. The molecule has 1 saturated heterocycles. The van der Waals surface area contributed by atoms with E-state index in [2.05, 4.69) is 32.0 Å². The van der Waals surface area contributed by atoms with E-state index in [1.807, 2.05) is 4.90 Å². The predicted molar refractivity (Wildman–Crippen MR) is 97.3 cm³/mol. The number of benzene rings is 1. The summed E-state index contributed by atoms with van der Waals surface area (Å²) in [4.78, 5) is 27.4. The summed E-state index contributed by atoms with van der Waals surface area (Å²) < 4.78 is 4.99. The van der Waals surface area contributed by atoms with E-state index in [1.54, 1.807) is 23.6 Å². The molecule has 0 atom stereocenters. The van der Waals surface area contributed by atoms with Crippen molar-refractivity contribution in [1.29, 1.82) is 0 Å². The molecule has 0 bridgehead atoms. The maximum absolute atomic E-state index is 12.3. The van der Waals surface area contributed by atoms with E-state index < -0.39 is 0 Å². The Labute approximate surface area is 148 Å². The van der Waals surface area contributed by atoms with Crippen LogP contribution in [0.3, 0.4) is 0 Å². The van der Waals surface area contributed by atoms with E-state index in [0.717, 1.165) is 5.75 Å². The Kier molecular flexibility index (Phi) is 6.97. The molecule has 1 heterocycles. The van der Waals surface area contributed by atoms with Gasteiger partial charge in [0.15, 0.2) is 0 Å². The van der Waals surface area contributed by atoms with Gasteiger partial charge >= 0.3 is 6.09 Å². The Bertz CT molecular complexity index is 563. The van der Waals surface area contributed by atoms with Crippen LogP contribution in [0.1, 0.15) is 23.6 Å². The van der Waals surface area contributed by atoms with Gasteiger partial charge in [-0.25, -0.2) is 4.79 Å². The lowest BCUT2D eigenvalue weighted by Gasteiger charge is -2.34. The minimum atomic E-state index is -0.284. The molecule has 0 unspecified atom stereocenters. The summed E-state index contributed by atoms with van der Waals surface area (Å²) in [5.41, 5.74) is 3.77. The van der Waals surface area contributed by atoms with Crippen LogP contribution in [-0.2, 0) is 15.3 Å². The molecular formula is C18H26N2O3S.